The van der Waals surface area contributed by atoms with Crippen LogP contribution < -0.4 is 0 Å². The van der Waals surface area contributed by atoms with Crippen molar-refractivity contribution in [1.82, 2.24) is 0 Å². The number of hydrogen-bond donors (Lipinski definition) is 7. The lowest BCUT2D eigenvalue weighted by molar-refractivity contribution is -0.366. The second-order valence-electron chi connectivity index (χ2n) is 19.7. The maximum absolute atomic E-state index is 11.3. The fourth-order valence-corrected chi connectivity index (χ4v) is 14.3. The highest BCUT2D eigenvalue weighted by Crippen LogP contribution is 2.78. The first-order valence-corrected chi connectivity index (χ1v) is 20.4. The van der Waals surface area contributed by atoms with Crippen molar-refractivity contribution in [2.45, 2.75) is 167 Å². The Labute approximate surface area is 315 Å². The van der Waals surface area contributed by atoms with E-state index in [0.717, 1.165) is 57.8 Å². The van der Waals surface area contributed by atoms with Gasteiger partial charge in [0.1, 0.15) is 36.6 Å². The second-order valence-corrected chi connectivity index (χ2v) is 19.7. The number of aliphatic hydroxyl groups excluding tert-OH is 7. The molecule has 0 aromatic carbocycles. The SMILES string of the molecule is C=C(C)[C@@H]1CC[C@]2(C(=C)O)CC[C@]3(C)C(CC[C@@H]4[C@@]5(C)CC[C@H](O[C@@H]6OC[C@H](O)[C@H](O)[C@H]6O[C@@H]6O[C@@H](C)[C@H](O)[C@@H](O)[C@H]6O)[C@@](C)(CO)[C@@H]5CC[C@]43C)[C@@H]12. The van der Waals surface area contributed by atoms with E-state index in [9.17, 15) is 35.7 Å². The molecule has 2 saturated heterocycles. The van der Waals surface area contributed by atoms with Gasteiger partial charge in [-0.2, -0.15) is 0 Å². The number of allylic oxidation sites excluding steroid dienone is 2. The summed E-state index contributed by atoms with van der Waals surface area (Å²) < 4.78 is 24.4. The molecule has 2 heterocycles. The minimum Gasteiger partial charge on any atom is -0.512 e. The molecule has 302 valence electrons. The predicted molar refractivity (Wildman–Crippen MR) is 196 cm³/mol. The second kappa shape index (κ2) is 13.8. The Hall–Kier alpha value is -1.12. The Bertz CT molecular complexity index is 1410. The zero-order chi connectivity index (χ0) is 38.6. The van der Waals surface area contributed by atoms with Crippen molar-refractivity contribution in [2.75, 3.05) is 13.2 Å². The molecule has 0 radical (unpaired) electrons. The van der Waals surface area contributed by atoms with Crippen molar-refractivity contribution < 1.29 is 54.7 Å². The molecule has 7 fully saturated rings. The average molecular weight is 749 g/mol. The van der Waals surface area contributed by atoms with Gasteiger partial charge in [-0.3, -0.25) is 0 Å². The van der Waals surface area contributed by atoms with Gasteiger partial charge in [-0.1, -0.05) is 46.4 Å². The van der Waals surface area contributed by atoms with E-state index in [1.54, 1.807) is 6.92 Å². The largest absolute Gasteiger partial charge is 0.512 e. The van der Waals surface area contributed by atoms with Crippen LogP contribution in [0.4, 0.5) is 0 Å². The summed E-state index contributed by atoms with van der Waals surface area (Å²) >= 11 is 0. The van der Waals surface area contributed by atoms with Crippen molar-refractivity contribution in [2.24, 2.45) is 56.7 Å². The Morgan fingerprint density at radius 3 is 2.13 bits per heavy atom. The van der Waals surface area contributed by atoms with Gasteiger partial charge < -0.3 is 54.7 Å². The van der Waals surface area contributed by atoms with Crippen LogP contribution in [0.2, 0.25) is 0 Å². The Balaban J connectivity index is 1.14. The first-order chi connectivity index (χ1) is 24.8. The van der Waals surface area contributed by atoms with E-state index in [1.165, 1.54) is 5.57 Å². The molecule has 0 bridgehead atoms. The van der Waals surface area contributed by atoms with Crippen LogP contribution in [0.15, 0.2) is 24.5 Å². The average Bonchev–Trinajstić information content (AvgIpc) is 3.52. The van der Waals surface area contributed by atoms with E-state index < -0.39 is 66.8 Å². The summed E-state index contributed by atoms with van der Waals surface area (Å²) in [5, 5.41) is 75.4. The predicted octanol–water partition coefficient (Wildman–Crippen LogP) is 4.36. The highest BCUT2D eigenvalue weighted by Gasteiger charge is 2.72. The van der Waals surface area contributed by atoms with Gasteiger partial charge in [0.05, 0.1) is 31.2 Å². The molecule has 2 aliphatic heterocycles. The number of aliphatic hydroxyl groups is 7. The van der Waals surface area contributed by atoms with Crippen molar-refractivity contribution >= 4 is 0 Å². The molecule has 7 rings (SSSR count). The Morgan fingerprint density at radius 1 is 0.755 bits per heavy atom. The molecule has 0 aromatic heterocycles. The number of fused-ring (bicyclic) bond motifs is 7. The standard InChI is InChI=1S/C42H68O11/c1-21(2)24-11-16-42(23(4)44)18-17-40(7)25(30(24)42)9-10-28-38(5)14-13-29(39(6,20-43)27(38)12-15-41(28,40)8)52-37-35(32(47)26(45)19-50-37)53-36-34(49)33(48)31(46)22(3)51-36/h22,24-37,43-49H,1,4,9-20H2,2-3,5-8H3/t22-,24-,25?,26-,27+,28+,29-,30+,31-,32-,33+,34+,35+,36-,37-,38-,39-,40+,41+,42+/m0/s1. The van der Waals surface area contributed by atoms with E-state index in [-0.39, 0.29) is 40.8 Å². The third-order valence-corrected chi connectivity index (χ3v) is 17.6. The van der Waals surface area contributed by atoms with Crippen LogP contribution in [0.25, 0.3) is 0 Å². The summed E-state index contributed by atoms with van der Waals surface area (Å²) in [5.41, 5.74) is 0.437. The molecule has 0 spiro atoms. The molecule has 7 N–H and O–H groups in total. The summed E-state index contributed by atoms with van der Waals surface area (Å²) in [4.78, 5) is 0. The summed E-state index contributed by atoms with van der Waals surface area (Å²) in [6, 6.07) is 0. The maximum Gasteiger partial charge on any atom is 0.187 e. The quantitative estimate of drug-likeness (QED) is 0.112. The first-order valence-electron chi connectivity index (χ1n) is 20.4. The zero-order valence-electron chi connectivity index (χ0n) is 32.8. The lowest BCUT2D eigenvalue weighted by atomic mass is 9.32. The van der Waals surface area contributed by atoms with Gasteiger partial charge in [-0.05, 0) is 124 Å². The van der Waals surface area contributed by atoms with Crippen LogP contribution in [0.3, 0.4) is 0 Å². The van der Waals surface area contributed by atoms with E-state index >= 15 is 0 Å². The molecule has 1 unspecified atom stereocenters. The van der Waals surface area contributed by atoms with E-state index in [2.05, 4.69) is 47.8 Å². The smallest absolute Gasteiger partial charge is 0.187 e. The lowest BCUT2D eigenvalue weighted by Crippen LogP contribution is -2.68. The first kappa shape index (κ1) is 40.1. The van der Waals surface area contributed by atoms with Crippen LogP contribution in [0, 0.1) is 56.7 Å². The summed E-state index contributed by atoms with van der Waals surface area (Å²) in [6.07, 6.45) is -2.55. The molecule has 11 heteroatoms. The van der Waals surface area contributed by atoms with E-state index in [1.807, 2.05) is 0 Å². The molecular weight excluding hydrogens is 680 g/mol. The minimum absolute atomic E-state index is 0.0664. The molecular formula is C42H68O11. The normalized spacial score (nSPS) is 56.7. The molecule has 5 aliphatic carbocycles. The lowest BCUT2D eigenvalue weighted by Gasteiger charge is -2.73. The molecule has 20 atom stereocenters. The van der Waals surface area contributed by atoms with Crippen molar-refractivity contribution in [1.29, 1.82) is 0 Å². The molecule has 53 heavy (non-hydrogen) atoms. The fourth-order valence-electron chi connectivity index (χ4n) is 14.3. The number of rotatable bonds is 7. The van der Waals surface area contributed by atoms with Gasteiger partial charge in [-0.15, -0.1) is 0 Å². The third kappa shape index (κ3) is 5.71. The van der Waals surface area contributed by atoms with E-state index in [4.69, 9.17) is 18.9 Å². The van der Waals surface area contributed by atoms with Crippen molar-refractivity contribution in [3.63, 3.8) is 0 Å². The van der Waals surface area contributed by atoms with Gasteiger partial charge in [0, 0.05) is 10.8 Å². The molecule has 0 aromatic rings. The monoisotopic (exact) mass is 748 g/mol. The molecule has 7 aliphatic rings. The Morgan fingerprint density at radius 2 is 1.47 bits per heavy atom. The maximum atomic E-state index is 11.3. The highest BCUT2D eigenvalue weighted by molar-refractivity contribution is 5.25. The Kier molecular flexibility index (Phi) is 10.4. The van der Waals surface area contributed by atoms with E-state index in [0.29, 0.717) is 35.9 Å². The van der Waals surface area contributed by atoms with Gasteiger partial charge in [0.25, 0.3) is 0 Å². The number of ether oxygens (including phenoxy) is 4. The van der Waals surface area contributed by atoms with Gasteiger partial charge in [0.2, 0.25) is 0 Å². The van der Waals surface area contributed by atoms with Crippen LogP contribution in [-0.2, 0) is 18.9 Å². The zero-order valence-corrected chi connectivity index (χ0v) is 32.8. The minimum atomic E-state index is -1.61. The fraction of sp³-hybridized carbons (Fsp3) is 0.905. The summed E-state index contributed by atoms with van der Waals surface area (Å²) in [6.45, 7) is 21.7. The van der Waals surface area contributed by atoms with Gasteiger partial charge >= 0.3 is 0 Å². The van der Waals surface area contributed by atoms with Gasteiger partial charge in [-0.25, -0.2) is 0 Å². The molecule has 5 saturated carbocycles. The van der Waals surface area contributed by atoms with Gasteiger partial charge in [0.15, 0.2) is 12.6 Å². The van der Waals surface area contributed by atoms with Crippen LogP contribution in [0.1, 0.15) is 106 Å². The van der Waals surface area contributed by atoms with Crippen LogP contribution >= 0.6 is 0 Å². The summed E-state index contributed by atoms with van der Waals surface area (Å²) in [5.74, 6) is 2.16. The topological polar surface area (TPSA) is 179 Å². The van der Waals surface area contributed by atoms with Crippen molar-refractivity contribution in [3.8, 4) is 0 Å². The number of hydrogen-bond acceptors (Lipinski definition) is 11. The van der Waals surface area contributed by atoms with Crippen LogP contribution in [-0.4, -0.2) is 110 Å². The highest BCUT2D eigenvalue weighted by atomic mass is 16.8. The van der Waals surface area contributed by atoms with Crippen molar-refractivity contribution in [3.05, 3.63) is 24.5 Å². The molecule has 0 amide bonds. The third-order valence-electron chi connectivity index (χ3n) is 17.6. The van der Waals surface area contributed by atoms with Crippen LogP contribution in [0.5, 0.6) is 0 Å². The molecule has 11 nitrogen and oxygen atoms in total. The summed E-state index contributed by atoms with van der Waals surface area (Å²) in [7, 11) is 0.